The van der Waals surface area contributed by atoms with Crippen molar-refractivity contribution in [1.29, 1.82) is 0 Å². The van der Waals surface area contributed by atoms with Gasteiger partial charge in [0.15, 0.2) is 0 Å². The van der Waals surface area contributed by atoms with E-state index in [9.17, 15) is 23.1 Å². The molecule has 0 saturated heterocycles. The molecule has 1 fully saturated rings. The van der Waals surface area contributed by atoms with Gasteiger partial charge in [-0.05, 0) is 48.4 Å². The first-order valence-electron chi connectivity index (χ1n) is 9.79. The second-order valence-electron chi connectivity index (χ2n) is 7.85. The smallest absolute Gasteiger partial charge is 0.393 e. The lowest BCUT2D eigenvalue weighted by molar-refractivity contribution is -0.212. The number of nitrogens with zero attached hydrogens (tertiary/aromatic N) is 2. The monoisotopic (exact) mass is 503 g/mol. The number of carbonyl (C=O) groups is 1. The van der Waals surface area contributed by atoms with Crippen LogP contribution in [0.1, 0.15) is 30.7 Å². The molecule has 2 N–H and O–H groups in total. The summed E-state index contributed by atoms with van der Waals surface area (Å²) in [5.74, 6) is -3.98. The summed E-state index contributed by atoms with van der Waals surface area (Å²) in [6.07, 6.45) is -3.76. The van der Waals surface area contributed by atoms with Crippen molar-refractivity contribution < 1.29 is 23.1 Å². The minimum Gasteiger partial charge on any atom is -0.480 e. The molecule has 32 heavy (non-hydrogen) atoms. The minimum atomic E-state index is -4.74. The number of benzene rings is 1. The highest BCUT2D eigenvalue weighted by molar-refractivity contribution is 7.16. The molecule has 2 heterocycles. The molecular formula is C21H18Cl2F3N3O2S. The molecule has 1 saturated carbocycles. The third-order valence-corrected chi connectivity index (χ3v) is 7.53. The van der Waals surface area contributed by atoms with Crippen LogP contribution < -0.4 is 5.32 Å². The topological polar surface area (TPSA) is 75.1 Å². The molecule has 0 bridgehead atoms. The number of hydrogen-bond donors (Lipinski definition) is 2. The molecule has 170 valence electrons. The van der Waals surface area contributed by atoms with Crippen molar-refractivity contribution in [2.75, 3.05) is 0 Å². The van der Waals surface area contributed by atoms with E-state index in [1.54, 1.807) is 29.6 Å². The molecule has 0 spiro atoms. The van der Waals surface area contributed by atoms with Crippen molar-refractivity contribution in [2.45, 2.75) is 43.4 Å². The highest BCUT2D eigenvalue weighted by Crippen LogP contribution is 2.50. The van der Waals surface area contributed by atoms with Gasteiger partial charge in [0.25, 0.3) is 0 Å². The van der Waals surface area contributed by atoms with Gasteiger partial charge < -0.3 is 10.4 Å². The average molecular weight is 504 g/mol. The third kappa shape index (κ3) is 4.31. The van der Waals surface area contributed by atoms with Crippen molar-refractivity contribution in [3.05, 3.63) is 57.3 Å². The molecule has 1 aromatic carbocycles. The Hall–Kier alpha value is -1.94. The molecule has 0 amide bonds. The second kappa shape index (κ2) is 8.78. The lowest BCUT2D eigenvalue weighted by Gasteiger charge is -2.43. The molecule has 1 aliphatic carbocycles. The molecule has 2 aromatic heterocycles. The van der Waals surface area contributed by atoms with Gasteiger partial charge in [-0.15, -0.1) is 11.3 Å². The summed E-state index contributed by atoms with van der Waals surface area (Å²) < 4.78 is 42.6. The Labute approximate surface area is 195 Å². The Morgan fingerprint density at radius 1 is 1.28 bits per heavy atom. The van der Waals surface area contributed by atoms with E-state index in [-0.39, 0.29) is 25.2 Å². The number of thiophene rings is 1. The van der Waals surface area contributed by atoms with E-state index in [1.807, 2.05) is 0 Å². The predicted octanol–water partition coefficient (Wildman–Crippen LogP) is 5.84. The molecule has 3 atom stereocenters. The lowest BCUT2D eigenvalue weighted by atomic mass is 9.63. The summed E-state index contributed by atoms with van der Waals surface area (Å²) in [7, 11) is 0. The molecule has 0 aliphatic heterocycles. The molecule has 0 radical (unpaired) electrons. The number of aromatic nitrogens is 2. The number of halogens is 5. The Bertz CT molecular complexity index is 1160. The van der Waals surface area contributed by atoms with E-state index in [0.29, 0.717) is 20.3 Å². The zero-order chi connectivity index (χ0) is 23.1. The third-order valence-electron chi connectivity index (χ3n) is 5.96. The van der Waals surface area contributed by atoms with Gasteiger partial charge in [0, 0.05) is 24.2 Å². The highest BCUT2D eigenvalue weighted by atomic mass is 35.5. The highest BCUT2D eigenvalue weighted by Gasteiger charge is 2.62. The zero-order valence-electron chi connectivity index (χ0n) is 16.5. The number of carboxylic acid groups (broad SMARTS) is 1. The summed E-state index contributed by atoms with van der Waals surface area (Å²) in [6, 6.07) is 6.20. The number of hydrogen-bond acceptors (Lipinski definition) is 5. The standard InChI is InChI=1S/C21H18Cl2F3N3O2S/c22-14-2-1-11(7-15(14)23)9-27-13-3-5-20(19(30)31,16(8-13)21(24,25)26)18-28-10-12-4-6-32-17(12)29-18/h1-2,4,6-7,10,13,16,27H,3,5,8-9H2,(H,30,31). The maximum absolute atomic E-state index is 14.2. The second-order valence-corrected chi connectivity index (χ2v) is 9.56. The van der Waals surface area contributed by atoms with E-state index in [1.165, 1.54) is 17.5 Å². The van der Waals surface area contributed by atoms with E-state index < -0.39 is 35.9 Å². The summed E-state index contributed by atoms with van der Waals surface area (Å²) in [6.45, 7) is 0.282. The summed E-state index contributed by atoms with van der Waals surface area (Å²) in [5.41, 5.74) is -1.47. The Kier molecular flexibility index (Phi) is 6.37. The molecule has 3 unspecified atom stereocenters. The number of carboxylic acids is 1. The van der Waals surface area contributed by atoms with Crippen LogP contribution in [0, 0.1) is 5.92 Å². The molecule has 1 aliphatic rings. The SMILES string of the molecule is O=C(O)C1(c2ncc3ccsc3n2)CCC(NCc2ccc(Cl)c(Cl)c2)CC1C(F)(F)F. The number of alkyl halides is 3. The van der Waals surface area contributed by atoms with Crippen LogP contribution >= 0.6 is 34.5 Å². The van der Waals surface area contributed by atoms with Gasteiger partial charge in [0.2, 0.25) is 0 Å². The fraction of sp³-hybridized carbons (Fsp3) is 0.381. The van der Waals surface area contributed by atoms with Gasteiger partial charge in [-0.2, -0.15) is 13.2 Å². The first-order chi connectivity index (χ1) is 15.1. The fourth-order valence-electron chi connectivity index (χ4n) is 4.28. The number of nitrogens with one attached hydrogen (secondary N) is 1. The largest absolute Gasteiger partial charge is 0.480 e. The quantitative estimate of drug-likeness (QED) is 0.457. The van der Waals surface area contributed by atoms with Crippen molar-refractivity contribution >= 4 is 50.7 Å². The first kappa shape index (κ1) is 23.2. The molecule has 3 aromatic rings. The first-order valence-corrected chi connectivity index (χ1v) is 11.4. The number of aliphatic carboxylic acids is 1. The van der Waals surface area contributed by atoms with Crippen LogP contribution in [0.5, 0.6) is 0 Å². The lowest BCUT2D eigenvalue weighted by Crippen LogP contribution is -2.56. The van der Waals surface area contributed by atoms with Crippen LogP contribution in [0.3, 0.4) is 0 Å². The maximum atomic E-state index is 14.2. The summed E-state index contributed by atoms with van der Waals surface area (Å²) in [5, 5.41) is 16.3. The van der Waals surface area contributed by atoms with Crippen LogP contribution in [0.2, 0.25) is 10.0 Å². The molecular weight excluding hydrogens is 486 g/mol. The van der Waals surface area contributed by atoms with Crippen LogP contribution in [-0.4, -0.2) is 33.3 Å². The number of fused-ring (bicyclic) bond motifs is 1. The normalized spacial score (nSPS) is 24.0. The van der Waals surface area contributed by atoms with Crippen LogP contribution in [0.25, 0.3) is 10.2 Å². The predicted molar refractivity (Wildman–Crippen MR) is 117 cm³/mol. The molecule has 11 heteroatoms. The Balaban J connectivity index is 1.62. The summed E-state index contributed by atoms with van der Waals surface area (Å²) >= 11 is 13.1. The van der Waals surface area contributed by atoms with E-state index in [4.69, 9.17) is 23.2 Å². The Morgan fingerprint density at radius 3 is 2.75 bits per heavy atom. The van der Waals surface area contributed by atoms with E-state index in [0.717, 1.165) is 5.56 Å². The average Bonchev–Trinajstić information content (AvgIpc) is 3.21. The number of rotatable bonds is 5. The Morgan fingerprint density at radius 2 is 2.06 bits per heavy atom. The van der Waals surface area contributed by atoms with Gasteiger partial charge in [0.05, 0.1) is 16.0 Å². The van der Waals surface area contributed by atoms with Crippen molar-refractivity contribution in [1.82, 2.24) is 15.3 Å². The maximum Gasteiger partial charge on any atom is 0.393 e. The summed E-state index contributed by atoms with van der Waals surface area (Å²) in [4.78, 5) is 21.1. The zero-order valence-corrected chi connectivity index (χ0v) is 18.8. The minimum absolute atomic E-state index is 0.228. The van der Waals surface area contributed by atoms with Gasteiger partial charge in [-0.3, -0.25) is 4.79 Å². The van der Waals surface area contributed by atoms with Gasteiger partial charge in [-0.1, -0.05) is 29.3 Å². The van der Waals surface area contributed by atoms with E-state index in [2.05, 4.69) is 15.3 Å². The van der Waals surface area contributed by atoms with Crippen molar-refractivity contribution in [3.63, 3.8) is 0 Å². The van der Waals surface area contributed by atoms with Gasteiger partial charge in [-0.25, -0.2) is 9.97 Å². The van der Waals surface area contributed by atoms with Crippen LogP contribution in [0.4, 0.5) is 13.2 Å². The molecule has 5 nitrogen and oxygen atoms in total. The van der Waals surface area contributed by atoms with Gasteiger partial charge in [0.1, 0.15) is 16.1 Å². The fourth-order valence-corrected chi connectivity index (χ4v) is 5.34. The van der Waals surface area contributed by atoms with Crippen LogP contribution in [0.15, 0.2) is 35.8 Å². The van der Waals surface area contributed by atoms with Crippen molar-refractivity contribution in [2.24, 2.45) is 5.92 Å². The van der Waals surface area contributed by atoms with E-state index >= 15 is 0 Å². The van der Waals surface area contributed by atoms with Crippen LogP contribution in [-0.2, 0) is 16.8 Å². The van der Waals surface area contributed by atoms with Crippen molar-refractivity contribution in [3.8, 4) is 0 Å². The van der Waals surface area contributed by atoms with Gasteiger partial charge >= 0.3 is 12.1 Å². The molecule has 4 rings (SSSR count).